The third-order valence-corrected chi connectivity index (χ3v) is 4.87. The Kier molecular flexibility index (Phi) is 4.25. The van der Waals surface area contributed by atoms with E-state index in [1.165, 1.54) is 40.8 Å². The number of carbonyl (C=O) groups is 1. The molecule has 3 nitrogen and oxygen atoms in total. The first-order valence-electron chi connectivity index (χ1n) is 8.76. The van der Waals surface area contributed by atoms with E-state index in [0.29, 0.717) is 5.82 Å². The van der Waals surface area contributed by atoms with Crippen LogP contribution < -0.4 is 5.32 Å². The molecule has 130 valence electrons. The number of carbonyl (C=O) groups excluding carboxylic acids is 1. The van der Waals surface area contributed by atoms with Gasteiger partial charge in [-0.1, -0.05) is 24.3 Å². The zero-order chi connectivity index (χ0) is 18.1. The Balaban J connectivity index is 1.56. The largest absolute Gasteiger partial charge is 0.306 e. The SMILES string of the molecule is Cc1cc2c(cc1-c1ccc(NC(=O)c3ccccc3F)nc1)CCC2. The first kappa shape index (κ1) is 16.5. The number of halogens is 1. The number of hydrogen-bond acceptors (Lipinski definition) is 2. The number of nitrogens with one attached hydrogen (secondary N) is 1. The van der Waals surface area contributed by atoms with E-state index in [1.54, 1.807) is 24.4 Å². The van der Waals surface area contributed by atoms with E-state index >= 15 is 0 Å². The van der Waals surface area contributed by atoms with Crippen LogP contribution in [-0.4, -0.2) is 10.9 Å². The molecular weight excluding hydrogens is 327 g/mol. The van der Waals surface area contributed by atoms with Gasteiger partial charge in [0.15, 0.2) is 0 Å². The fourth-order valence-electron chi connectivity index (χ4n) is 3.51. The van der Waals surface area contributed by atoms with Crippen LogP contribution in [-0.2, 0) is 12.8 Å². The number of fused-ring (bicyclic) bond motifs is 1. The molecule has 3 aromatic rings. The summed E-state index contributed by atoms with van der Waals surface area (Å²) in [5, 5.41) is 2.64. The van der Waals surface area contributed by atoms with Gasteiger partial charge in [-0.15, -0.1) is 0 Å². The summed E-state index contributed by atoms with van der Waals surface area (Å²) in [4.78, 5) is 16.5. The van der Waals surface area contributed by atoms with Crippen LogP contribution in [0.5, 0.6) is 0 Å². The average Bonchev–Trinajstić information content (AvgIpc) is 3.09. The van der Waals surface area contributed by atoms with Gasteiger partial charge in [0.25, 0.3) is 5.91 Å². The van der Waals surface area contributed by atoms with Crippen molar-refractivity contribution in [1.82, 2.24) is 4.98 Å². The monoisotopic (exact) mass is 346 g/mol. The van der Waals surface area contributed by atoms with Crippen LogP contribution in [0.2, 0.25) is 0 Å². The normalized spacial score (nSPS) is 12.7. The minimum Gasteiger partial charge on any atom is -0.306 e. The number of rotatable bonds is 3. The van der Waals surface area contributed by atoms with Gasteiger partial charge in [-0.3, -0.25) is 4.79 Å². The molecule has 1 N–H and O–H groups in total. The third-order valence-electron chi connectivity index (χ3n) is 4.87. The lowest BCUT2D eigenvalue weighted by Crippen LogP contribution is -2.14. The fourth-order valence-corrected chi connectivity index (χ4v) is 3.51. The molecule has 0 atom stereocenters. The van der Waals surface area contributed by atoms with Gasteiger partial charge in [-0.2, -0.15) is 0 Å². The van der Waals surface area contributed by atoms with Gasteiger partial charge in [0.2, 0.25) is 0 Å². The molecule has 0 spiro atoms. The first-order chi connectivity index (χ1) is 12.6. The number of pyridine rings is 1. The lowest BCUT2D eigenvalue weighted by molar-refractivity contribution is 0.102. The lowest BCUT2D eigenvalue weighted by Gasteiger charge is -2.11. The van der Waals surface area contributed by atoms with Crippen LogP contribution >= 0.6 is 0 Å². The number of hydrogen-bond donors (Lipinski definition) is 1. The second-order valence-corrected chi connectivity index (χ2v) is 6.66. The van der Waals surface area contributed by atoms with Gasteiger partial charge in [0, 0.05) is 11.8 Å². The molecule has 0 radical (unpaired) electrons. The van der Waals surface area contributed by atoms with Gasteiger partial charge in [-0.25, -0.2) is 9.37 Å². The van der Waals surface area contributed by atoms with E-state index in [4.69, 9.17) is 0 Å². The van der Waals surface area contributed by atoms with Crippen molar-refractivity contribution in [1.29, 1.82) is 0 Å². The van der Waals surface area contributed by atoms with E-state index in [9.17, 15) is 9.18 Å². The van der Waals surface area contributed by atoms with Crippen molar-refractivity contribution < 1.29 is 9.18 Å². The first-order valence-corrected chi connectivity index (χ1v) is 8.76. The molecule has 0 aliphatic heterocycles. The molecular formula is C22H19FN2O. The highest BCUT2D eigenvalue weighted by Crippen LogP contribution is 2.31. The van der Waals surface area contributed by atoms with Gasteiger partial charge in [0.05, 0.1) is 5.56 Å². The minimum absolute atomic E-state index is 0.00726. The summed E-state index contributed by atoms with van der Waals surface area (Å²) in [6.45, 7) is 2.11. The van der Waals surface area contributed by atoms with Crippen molar-refractivity contribution in [3.05, 3.63) is 82.8 Å². The average molecular weight is 346 g/mol. The molecule has 0 saturated carbocycles. The van der Waals surface area contributed by atoms with Crippen LogP contribution in [0, 0.1) is 12.7 Å². The smallest absolute Gasteiger partial charge is 0.259 e. The number of benzene rings is 2. The topological polar surface area (TPSA) is 42.0 Å². The Morgan fingerprint density at radius 3 is 2.58 bits per heavy atom. The summed E-state index contributed by atoms with van der Waals surface area (Å²) in [5.41, 5.74) is 6.30. The summed E-state index contributed by atoms with van der Waals surface area (Å²) in [6, 6.07) is 14.1. The summed E-state index contributed by atoms with van der Waals surface area (Å²) < 4.78 is 13.7. The second kappa shape index (κ2) is 6.71. The fraction of sp³-hybridized carbons (Fsp3) is 0.182. The molecule has 4 rings (SSSR count). The zero-order valence-corrected chi connectivity index (χ0v) is 14.6. The summed E-state index contributed by atoms with van der Waals surface area (Å²) in [7, 11) is 0. The van der Waals surface area contributed by atoms with E-state index in [-0.39, 0.29) is 5.56 Å². The summed E-state index contributed by atoms with van der Waals surface area (Å²) >= 11 is 0. The molecule has 1 aliphatic rings. The van der Waals surface area contributed by atoms with E-state index < -0.39 is 11.7 Å². The predicted octanol–water partition coefficient (Wildman–Crippen LogP) is 4.94. The Morgan fingerprint density at radius 1 is 1.08 bits per heavy atom. The molecule has 26 heavy (non-hydrogen) atoms. The van der Waals surface area contributed by atoms with Crippen LogP contribution in [0.3, 0.4) is 0 Å². The maximum atomic E-state index is 13.7. The van der Waals surface area contributed by atoms with Crippen molar-refractivity contribution in [3.8, 4) is 11.1 Å². The number of aryl methyl sites for hydroxylation is 3. The maximum absolute atomic E-state index is 13.7. The molecule has 0 bridgehead atoms. The number of aromatic nitrogens is 1. The Labute approximate surface area is 151 Å². The van der Waals surface area contributed by atoms with E-state index in [2.05, 4.69) is 29.4 Å². The highest BCUT2D eigenvalue weighted by atomic mass is 19.1. The lowest BCUT2D eigenvalue weighted by atomic mass is 9.96. The van der Waals surface area contributed by atoms with Crippen LogP contribution in [0.4, 0.5) is 10.2 Å². The standard InChI is InChI=1S/C22H19FN2O/c1-14-11-15-5-4-6-16(15)12-19(14)17-9-10-21(24-13-17)25-22(26)18-7-2-3-8-20(18)23/h2-3,7-13H,4-6H2,1H3,(H,24,25,26). The predicted molar refractivity (Wildman–Crippen MR) is 101 cm³/mol. The van der Waals surface area contributed by atoms with Crippen molar-refractivity contribution in [3.63, 3.8) is 0 Å². The molecule has 1 aromatic heterocycles. The van der Waals surface area contributed by atoms with Gasteiger partial charge >= 0.3 is 0 Å². The van der Waals surface area contributed by atoms with E-state index in [0.717, 1.165) is 18.4 Å². The number of anilines is 1. The summed E-state index contributed by atoms with van der Waals surface area (Å²) in [6.07, 6.45) is 5.26. The molecule has 1 aliphatic carbocycles. The van der Waals surface area contributed by atoms with Crippen LogP contribution in [0.25, 0.3) is 11.1 Å². The van der Waals surface area contributed by atoms with Crippen molar-refractivity contribution >= 4 is 11.7 Å². The molecule has 1 amide bonds. The number of amides is 1. The molecule has 4 heteroatoms. The van der Waals surface area contributed by atoms with Gasteiger partial charge < -0.3 is 5.32 Å². The van der Waals surface area contributed by atoms with Crippen molar-refractivity contribution in [2.45, 2.75) is 26.2 Å². The van der Waals surface area contributed by atoms with Crippen molar-refractivity contribution in [2.24, 2.45) is 0 Å². The molecule has 0 unspecified atom stereocenters. The Hall–Kier alpha value is -3.01. The Bertz CT molecular complexity index is 980. The second-order valence-electron chi connectivity index (χ2n) is 6.66. The molecule has 1 heterocycles. The third kappa shape index (κ3) is 3.10. The molecule has 0 fully saturated rings. The van der Waals surface area contributed by atoms with Gasteiger partial charge in [-0.05, 0) is 72.7 Å². The summed E-state index contributed by atoms with van der Waals surface area (Å²) in [5.74, 6) is -0.645. The van der Waals surface area contributed by atoms with Crippen LogP contribution in [0.1, 0.15) is 33.5 Å². The molecule has 0 saturated heterocycles. The number of nitrogens with zero attached hydrogens (tertiary/aromatic N) is 1. The zero-order valence-electron chi connectivity index (χ0n) is 14.6. The molecule has 2 aromatic carbocycles. The van der Waals surface area contributed by atoms with E-state index in [1.807, 2.05) is 6.07 Å². The van der Waals surface area contributed by atoms with Crippen molar-refractivity contribution in [2.75, 3.05) is 5.32 Å². The minimum atomic E-state index is -0.546. The quantitative estimate of drug-likeness (QED) is 0.730. The Morgan fingerprint density at radius 2 is 1.85 bits per heavy atom. The highest BCUT2D eigenvalue weighted by Gasteiger charge is 2.15. The highest BCUT2D eigenvalue weighted by molar-refractivity contribution is 6.04. The van der Waals surface area contributed by atoms with Gasteiger partial charge in [0.1, 0.15) is 11.6 Å². The maximum Gasteiger partial charge on any atom is 0.259 e. The van der Waals surface area contributed by atoms with Crippen LogP contribution in [0.15, 0.2) is 54.7 Å².